The molecule has 0 N–H and O–H groups in total. The first kappa shape index (κ1) is 9.02. The fraction of sp³-hybridized carbons (Fsp3) is 0.909. The highest BCUT2D eigenvalue weighted by atomic mass is 16.6. The number of fused-ring (bicyclic) bond motifs is 1. The molecule has 72 valence electrons. The molecule has 3 unspecified atom stereocenters. The van der Waals surface area contributed by atoms with Gasteiger partial charge in [0.15, 0.2) is 0 Å². The maximum Gasteiger partial charge on any atom is 0.113 e. The van der Waals surface area contributed by atoms with E-state index in [0.29, 0.717) is 6.10 Å². The average molecular weight is 179 g/mol. The third-order valence-corrected chi connectivity index (χ3v) is 3.78. The highest BCUT2D eigenvalue weighted by Crippen LogP contribution is 2.58. The molecule has 0 aromatic heterocycles. The van der Waals surface area contributed by atoms with Gasteiger partial charge >= 0.3 is 0 Å². The average Bonchev–Trinajstić information content (AvgIpc) is 2.79. The summed E-state index contributed by atoms with van der Waals surface area (Å²) in [6.45, 7) is 6.27. The van der Waals surface area contributed by atoms with Gasteiger partial charge in [-0.1, -0.05) is 6.92 Å². The summed E-state index contributed by atoms with van der Waals surface area (Å²) in [5.41, 5.74) is -0.397. The quantitative estimate of drug-likeness (QED) is 0.580. The van der Waals surface area contributed by atoms with E-state index >= 15 is 0 Å². The van der Waals surface area contributed by atoms with Crippen molar-refractivity contribution in [1.29, 1.82) is 5.26 Å². The first-order valence-electron chi connectivity index (χ1n) is 5.11. The van der Waals surface area contributed by atoms with Crippen LogP contribution < -0.4 is 0 Å². The van der Waals surface area contributed by atoms with Gasteiger partial charge in [-0.25, -0.2) is 0 Å². The summed E-state index contributed by atoms with van der Waals surface area (Å²) >= 11 is 0. The lowest BCUT2D eigenvalue weighted by atomic mass is 9.69. The van der Waals surface area contributed by atoms with E-state index in [-0.39, 0.29) is 11.0 Å². The van der Waals surface area contributed by atoms with Crippen molar-refractivity contribution in [3.05, 3.63) is 0 Å². The summed E-state index contributed by atoms with van der Waals surface area (Å²) in [4.78, 5) is 0. The van der Waals surface area contributed by atoms with E-state index in [1.54, 1.807) is 0 Å². The molecule has 1 saturated carbocycles. The minimum atomic E-state index is -0.308. The number of nitriles is 1. The van der Waals surface area contributed by atoms with Crippen LogP contribution in [0.4, 0.5) is 0 Å². The van der Waals surface area contributed by atoms with Crippen LogP contribution in [0.3, 0.4) is 0 Å². The summed E-state index contributed by atoms with van der Waals surface area (Å²) in [5.74, 6) is 0.773. The van der Waals surface area contributed by atoms with Gasteiger partial charge in [0.1, 0.15) is 5.60 Å². The molecular weight excluding hydrogens is 162 g/mol. The molecule has 1 aliphatic heterocycles. The fourth-order valence-electron chi connectivity index (χ4n) is 2.58. The van der Waals surface area contributed by atoms with Crippen molar-refractivity contribution in [2.24, 2.45) is 11.3 Å². The van der Waals surface area contributed by atoms with Crippen LogP contribution in [0.25, 0.3) is 0 Å². The topological polar surface area (TPSA) is 36.3 Å². The summed E-state index contributed by atoms with van der Waals surface area (Å²) in [5, 5.41) is 9.07. The van der Waals surface area contributed by atoms with Crippen molar-refractivity contribution in [2.75, 3.05) is 0 Å². The molecule has 0 spiro atoms. The summed E-state index contributed by atoms with van der Waals surface area (Å²) in [6.07, 6.45) is 3.79. The molecule has 13 heavy (non-hydrogen) atoms. The maximum absolute atomic E-state index is 9.07. The highest BCUT2D eigenvalue weighted by Gasteiger charge is 2.66. The third kappa shape index (κ3) is 1.10. The maximum atomic E-state index is 9.07. The molecule has 1 aliphatic carbocycles. The Kier molecular flexibility index (Phi) is 1.72. The lowest BCUT2D eigenvalue weighted by Gasteiger charge is -2.30. The molecule has 0 bridgehead atoms. The molecule has 3 atom stereocenters. The standard InChI is InChI=1S/C11H17NO/c1-8-4-5-11(9(6-8)13-11)10(2,3)7-12/h8-9H,4-6H2,1-3H3. The van der Waals surface area contributed by atoms with Crippen LogP contribution in [0.15, 0.2) is 0 Å². The van der Waals surface area contributed by atoms with Crippen LogP contribution in [0.5, 0.6) is 0 Å². The van der Waals surface area contributed by atoms with Gasteiger partial charge in [0.2, 0.25) is 0 Å². The van der Waals surface area contributed by atoms with Gasteiger partial charge in [-0.15, -0.1) is 0 Å². The Labute approximate surface area is 79.9 Å². The second-order valence-electron chi connectivity index (χ2n) is 5.11. The highest BCUT2D eigenvalue weighted by molar-refractivity contribution is 5.20. The second kappa shape index (κ2) is 2.48. The fourth-order valence-corrected chi connectivity index (χ4v) is 2.58. The molecule has 0 amide bonds. The SMILES string of the molecule is CC1CCC2(C(C)(C)C#N)OC2C1. The predicted octanol–water partition coefficient (Wildman–Crippen LogP) is 2.49. The Morgan fingerprint density at radius 1 is 1.54 bits per heavy atom. The molecule has 1 heterocycles. The number of ether oxygens (including phenoxy) is 1. The summed E-state index contributed by atoms with van der Waals surface area (Å²) in [6, 6.07) is 2.38. The van der Waals surface area contributed by atoms with Crippen molar-refractivity contribution < 1.29 is 4.74 Å². The van der Waals surface area contributed by atoms with Crippen LogP contribution in [0.1, 0.15) is 40.0 Å². The van der Waals surface area contributed by atoms with Crippen LogP contribution in [0.2, 0.25) is 0 Å². The van der Waals surface area contributed by atoms with E-state index in [2.05, 4.69) is 13.0 Å². The van der Waals surface area contributed by atoms with E-state index in [1.807, 2.05) is 13.8 Å². The van der Waals surface area contributed by atoms with Crippen molar-refractivity contribution in [3.8, 4) is 6.07 Å². The molecule has 0 radical (unpaired) electrons. The number of epoxide rings is 1. The lowest BCUT2D eigenvalue weighted by molar-refractivity contribution is 0.169. The zero-order chi connectivity index (χ0) is 9.69. The monoisotopic (exact) mass is 179 g/mol. The second-order valence-corrected chi connectivity index (χ2v) is 5.11. The minimum absolute atomic E-state index is 0.0890. The zero-order valence-corrected chi connectivity index (χ0v) is 8.63. The lowest BCUT2D eigenvalue weighted by Crippen LogP contribution is -2.37. The Morgan fingerprint density at radius 3 is 2.77 bits per heavy atom. The normalized spacial score (nSPS) is 43.5. The Hall–Kier alpha value is -0.550. The van der Waals surface area contributed by atoms with Crippen molar-refractivity contribution >= 4 is 0 Å². The molecule has 1 saturated heterocycles. The summed E-state index contributed by atoms with van der Waals surface area (Å²) < 4.78 is 5.77. The van der Waals surface area contributed by atoms with Gasteiger partial charge in [0, 0.05) is 0 Å². The van der Waals surface area contributed by atoms with E-state index in [1.165, 1.54) is 6.42 Å². The number of hydrogen-bond donors (Lipinski definition) is 0. The minimum Gasteiger partial charge on any atom is -0.364 e. The molecule has 2 aliphatic rings. The molecule has 0 aromatic rings. The Bertz CT molecular complexity index is 266. The molecule has 2 nitrogen and oxygen atoms in total. The van der Waals surface area contributed by atoms with Gasteiger partial charge in [-0.3, -0.25) is 0 Å². The van der Waals surface area contributed by atoms with Crippen LogP contribution >= 0.6 is 0 Å². The van der Waals surface area contributed by atoms with Crippen LogP contribution in [0, 0.1) is 22.7 Å². The first-order chi connectivity index (χ1) is 6.02. The van der Waals surface area contributed by atoms with E-state index in [0.717, 1.165) is 18.8 Å². The van der Waals surface area contributed by atoms with E-state index in [9.17, 15) is 0 Å². The molecule has 2 fully saturated rings. The smallest absolute Gasteiger partial charge is 0.113 e. The molecular formula is C11H17NO. The van der Waals surface area contributed by atoms with E-state index < -0.39 is 0 Å². The first-order valence-corrected chi connectivity index (χ1v) is 5.11. The molecule has 2 rings (SSSR count). The van der Waals surface area contributed by atoms with Crippen LogP contribution in [-0.4, -0.2) is 11.7 Å². The largest absolute Gasteiger partial charge is 0.364 e. The Morgan fingerprint density at radius 2 is 2.23 bits per heavy atom. The van der Waals surface area contributed by atoms with Gasteiger partial charge in [-0.2, -0.15) is 5.26 Å². The number of nitrogens with zero attached hydrogens (tertiary/aromatic N) is 1. The zero-order valence-electron chi connectivity index (χ0n) is 8.63. The number of rotatable bonds is 1. The van der Waals surface area contributed by atoms with Crippen LogP contribution in [-0.2, 0) is 4.74 Å². The van der Waals surface area contributed by atoms with Gasteiger partial charge in [0.25, 0.3) is 0 Å². The van der Waals surface area contributed by atoms with Crippen molar-refractivity contribution in [3.63, 3.8) is 0 Å². The predicted molar refractivity (Wildman–Crippen MR) is 50.0 cm³/mol. The molecule has 0 aromatic carbocycles. The van der Waals surface area contributed by atoms with Gasteiger partial charge in [-0.05, 0) is 39.0 Å². The summed E-state index contributed by atoms with van der Waals surface area (Å²) in [7, 11) is 0. The Balaban J connectivity index is 2.15. The van der Waals surface area contributed by atoms with E-state index in [4.69, 9.17) is 10.00 Å². The van der Waals surface area contributed by atoms with Gasteiger partial charge < -0.3 is 4.74 Å². The third-order valence-electron chi connectivity index (χ3n) is 3.78. The van der Waals surface area contributed by atoms with Crippen molar-refractivity contribution in [1.82, 2.24) is 0 Å². The number of hydrogen-bond acceptors (Lipinski definition) is 2. The van der Waals surface area contributed by atoms with Crippen molar-refractivity contribution in [2.45, 2.75) is 51.7 Å². The molecule has 2 heteroatoms. The van der Waals surface area contributed by atoms with Gasteiger partial charge in [0.05, 0.1) is 17.6 Å².